The highest BCUT2D eigenvalue weighted by molar-refractivity contribution is 5.94. The van der Waals surface area contributed by atoms with Gasteiger partial charge in [-0.2, -0.15) is 0 Å². The zero-order chi connectivity index (χ0) is 22.8. The van der Waals surface area contributed by atoms with E-state index < -0.39 is 23.8 Å². The van der Waals surface area contributed by atoms with Crippen LogP contribution < -0.4 is 15.0 Å². The van der Waals surface area contributed by atoms with Crippen molar-refractivity contribution in [1.29, 1.82) is 0 Å². The standard InChI is InChI=1S/C24H27F3N4O/c1-14(16-8-7-9-17(22(16)25)23(26)27)28-24-18-12-21(32-3)20(31-10-5-4-6-11-31)13-19(18)29-15(2)30-24/h7-9,12-14,23H,4-6,10-11H2,1-3H3,(H,28,29,30)/t14-/m1/s1. The van der Waals surface area contributed by atoms with Crippen LogP contribution in [0.5, 0.6) is 5.75 Å². The minimum absolute atomic E-state index is 0.157. The normalized spacial score (nSPS) is 15.3. The lowest BCUT2D eigenvalue weighted by molar-refractivity contribution is 0.146. The van der Waals surface area contributed by atoms with Crippen LogP contribution >= 0.6 is 0 Å². The van der Waals surface area contributed by atoms with Gasteiger partial charge in [0, 0.05) is 24.0 Å². The average molecular weight is 445 g/mol. The number of hydrogen-bond acceptors (Lipinski definition) is 5. The van der Waals surface area contributed by atoms with Gasteiger partial charge >= 0.3 is 0 Å². The molecule has 0 spiro atoms. The van der Waals surface area contributed by atoms with Crippen molar-refractivity contribution in [3.8, 4) is 5.75 Å². The number of ether oxygens (including phenoxy) is 1. The molecular formula is C24H27F3N4O. The molecule has 32 heavy (non-hydrogen) atoms. The smallest absolute Gasteiger partial charge is 0.266 e. The molecule has 1 fully saturated rings. The lowest BCUT2D eigenvalue weighted by atomic mass is 10.0. The zero-order valence-electron chi connectivity index (χ0n) is 18.5. The second-order valence-corrected chi connectivity index (χ2v) is 8.13. The number of rotatable bonds is 6. The summed E-state index contributed by atoms with van der Waals surface area (Å²) in [5.41, 5.74) is 1.29. The fraction of sp³-hybridized carbons (Fsp3) is 0.417. The fourth-order valence-corrected chi connectivity index (χ4v) is 4.27. The number of hydrogen-bond donors (Lipinski definition) is 1. The van der Waals surface area contributed by atoms with E-state index in [1.807, 2.05) is 12.1 Å². The van der Waals surface area contributed by atoms with Crippen molar-refractivity contribution in [3.05, 3.63) is 53.1 Å². The highest BCUT2D eigenvalue weighted by atomic mass is 19.3. The summed E-state index contributed by atoms with van der Waals surface area (Å²) in [5.74, 6) is 0.880. The molecule has 1 saturated heterocycles. The van der Waals surface area contributed by atoms with Crippen molar-refractivity contribution in [2.75, 3.05) is 30.4 Å². The Kier molecular flexibility index (Phi) is 6.39. The SMILES string of the molecule is COc1cc2c(N[C@H](C)c3cccc(C(F)F)c3F)nc(C)nc2cc1N1CCCCC1. The molecule has 2 aromatic carbocycles. The van der Waals surface area contributed by atoms with E-state index in [-0.39, 0.29) is 5.56 Å². The molecule has 1 aromatic heterocycles. The average Bonchev–Trinajstić information content (AvgIpc) is 2.78. The van der Waals surface area contributed by atoms with Crippen molar-refractivity contribution in [1.82, 2.24) is 9.97 Å². The van der Waals surface area contributed by atoms with E-state index >= 15 is 0 Å². The molecule has 0 bridgehead atoms. The number of anilines is 2. The van der Waals surface area contributed by atoms with E-state index in [1.165, 1.54) is 18.6 Å². The maximum atomic E-state index is 14.7. The molecule has 8 heteroatoms. The first-order chi connectivity index (χ1) is 15.4. The predicted octanol–water partition coefficient (Wildman–Crippen LogP) is 6.19. The number of fused-ring (bicyclic) bond motifs is 1. The summed E-state index contributed by atoms with van der Waals surface area (Å²) in [6, 6.07) is 7.35. The monoisotopic (exact) mass is 444 g/mol. The van der Waals surface area contributed by atoms with Gasteiger partial charge in [-0.3, -0.25) is 0 Å². The topological polar surface area (TPSA) is 50.3 Å². The van der Waals surface area contributed by atoms with Gasteiger partial charge in [0.15, 0.2) is 0 Å². The number of aryl methyl sites for hydroxylation is 1. The molecule has 170 valence electrons. The third-order valence-electron chi connectivity index (χ3n) is 5.92. The Bertz CT molecular complexity index is 1120. The first-order valence-corrected chi connectivity index (χ1v) is 10.8. The number of nitrogens with one attached hydrogen (secondary N) is 1. The highest BCUT2D eigenvalue weighted by Gasteiger charge is 2.22. The molecule has 2 heterocycles. The van der Waals surface area contributed by atoms with E-state index in [1.54, 1.807) is 21.0 Å². The Morgan fingerprint density at radius 2 is 1.78 bits per heavy atom. The maximum Gasteiger partial charge on any atom is 0.266 e. The van der Waals surface area contributed by atoms with Crippen LogP contribution in [0.15, 0.2) is 30.3 Å². The molecule has 1 N–H and O–H groups in total. The first kappa shape index (κ1) is 22.2. The van der Waals surface area contributed by atoms with Crippen LogP contribution in [0.25, 0.3) is 10.9 Å². The molecular weight excluding hydrogens is 417 g/mol. The van der Waals surface area contributed by atoms with Crippen LogP contribution in [0.4, 0.5) is 24.7 Å². The number of benzene rings is 2. The van der Waals surface area contributed by atoms with Crippen LogP contribution in [-0.2, 0) is 0 Å². The van der Waals surface area contributed by atoms with Crippen molar-refractivity contribution in [2.24, 2.45) is 0 Å². The van der Waals surface area contributed by atoms with Crippen molar-refractivity contribution in [3.63, 3.8) is 0 Å². The lowest BCUT2D eigenvalue weighted by Gasteiger charge is -2.30. The molecule has 1 aliphatic rings. The molecule has 0 aliphatic carbocycles. The summed E-state index contributed by atoms with van der Waals surface area (Å²) >= 11 is 0. The second kappa shape index (κ2) is 9.22. The molecule has 0 amide bonds. The van der Waals surface area contributed by atoms with Crippen molar-refractivity contribution >= 4 is 22.4 Å². The van der Waals surface area contributed by atoms with Crippen LogP contribution in [0.2, 0.25) is 0 Å². The minimum atomic E-state index is -2.87. The van der Waals surface area contributed by atoms with Gasteiger partial charge in [0.2, 0.25) is 0 Å². The van der Waals surface area contributed by atoms with E-state index in [0.717, 1.165) is 48.6 Å². The Balaban J connectivity index is 1.74. The number of piperidine rings is 1. The zero-order valence-corrected chi connectivity index (χ0v) is 18.5. The van der Waals surface area contributed by atoms with Crippen LogP contribution in [0, 0.1) is 12.7 Å². The minimum Gasteiger partial charge on any atom is -0.495 e. The maximum absolute atomic E-state index is 14.7. The van der Waals surface area contributed by atoms with Gasteiger partial charge in [-0.25, -0.2) is 23.1 Å². The summed E-state index contributed by atoms with van der Waals surface area (Å²) in [6.07, 6.45) is 0.625. The van der Waals surface area contributed by atoms with Gasteiger partial charge in [0.05, 0.1) is 29.9 Å². The van der Waals surface area contributed by atoms with Crippen molar-refractivity contribution < 1.29 is 17.9 Å². The van der Waals surface area contributed by atoms with E-state index in [0.29, 0.717) is 17.4 Å². The number of halogens is 3. The number of nitrogens with zero attached hydrogens (tertiary/aromatic N) is 3. The van der Waals surface area contributed by atoms with Crippen LogP contribution in [-0.4, -0.2) is 30.2 Å². The van der Waals surface area contributed by atoms with Crippen molar-refractivity contribution in [2.45, 2.75) is 45.6 Å². The summed E-state index contributed by atoms with van der Waals surface area (Å²) < 4.78 is 46.6. The Hall–Kier alpha value is -3.03. The lowest BCUT2D eigenvalue weighted by Crippen LogP contribution is -2.29. The summed E-state index contributed by atoms with van der Waals surface area (Å²) in [6.45, 7) is 5.44. The predicted molar refractivity (Wildman–Crippen MR) is 120 cm³/mol. The van der Waals surface area contributed by atoms with E-state index in [2.05, 4.69) is 20.2 Å². The molecule has 0 radical (unpaired) electrons. The molecule has 1 aliphatic heterocycles. The van der Waals surface area contributed by atoms with Crippen LogP contribution in [0.3, 0.4) is 0 Å². The molecule has 5 nitrogen and oxygen atoms in total. The number of methoxy groups -OCH3 is 1. The van der Waals surface area contributed by atoms with E-state index in [4.69, 9.17) is 4.74 Å². The molecule has 0 saturated carbocycles. The quantitative estimate of drug-likeness (QED) is 0.492. The fourth-order valence-electron chi connectivity index (χ4n) is 4.27. The molecule has 4 rings (SSSR count). The number of aromatic nitrogens is 2. The van der Waals surface area contributed by atoms with Gasteiger partial charge in [-0.1, -0.05) is 18.2 Å². The summed E-state index contributed by atoms with van der Waals surface area (Å²) in [7, 11) is 1.63. The molecule has 3 aromatic rings. The molecule has 0 unspecified atom stereocenters. The Labute approximate surface area is 185 Å². The van der Waals surface area contributed by atoms with Crippen LogP contribution in [0.1, 0.15) is 55.6 Å². The third-order valence-corrected chi connectivity index (χ3v) is 5.92. The summed E-state index contributed by atoms with van der Waals surface area (Å²) in [4.78, 5) is 11.4. The van der Waals surface area contributed by atoms with E-state index in [9.17, 15) is 13.2 Å². The number of alkyl halides is 2. The van der Waals surface area contributed by atoms with Gasteiger partial charge in [-0.15, -0.1) is 0 Å². The third kappa shape index (κ3) is 4.31. The second-order valence-electron chi connectivity index (χ2n) is 8.13. The van der Waals surface area contributed by atoms with Gasteiger partial charge in [-0.05, 0) is 45.2 Å². The first-order valence-electron chi connectivity index (χ1n) is 10.8. The molecule has 1 atom stereocenters. The van der Waals surface area contributed by atoms with Gasteiger partial charge in [0.25, 0.3) is 6.43 Å². The van der Waals surface area contributed by atoms with Gasteiger partial charge < -0.3 is 15.0 Å². The largest absolute Gasteiger partial charge is 0.495 e. The van der Waals surface area contributed by atoms with Gasteiger partial charge in [0.1, 0.15) is 23.2 Å². The Morgan fingerprint density at radius 3 is 2.47 bits per heavy atom. The highest BCUT2D eigenvalue weighted by Crippen LogP contribution is 2.37. The Morgan fingerprint density at radius 1 is 1.06 bits per heavy atom. The summed E-state index contributed by atoms with van der Waals surface area (Å²) in [5, 5.41) is 3.92.